The summed E-state index contributed by atoms with van der Waals surface area (Å²) in [6.07, 6.45) is 6.75. The van der Waals surface area contributed by atoms with Crippen LogP contribution in [0.25, 0.3) is 0 Å². The highest BCUT2D eigenvalue weighted by Gasteiger charge is 2.35. The number of halogens is 2. The lowest BCUT2D eigenvalue weighted by molar-refractivity contribution is -0.136. The summed E-state index contributed by atoms with van der Waals surface area (Å²) in [5.41, 5.74) is 6.12. The predicted octanol–water partition coefficient (Wildman–Crippen LogP) is 2.93. The minimum Gasteiger partial charge on any atom is -0.340 e. The van der Waals surface area contributed by atoms with Gasteiger partial charge in [-0.15, -0.1) is 24.8 Å². The molecule has 4 nitrogen and oxygen atoms in total. The van der Waals surface area contributed by atoms with Gasteiger partial charge in [0, 0.05) is 39.1 Å². The quantitative estimate of drug-likeness (QED) is 0.812. The van der Waals surface area contributed by atoms with E-state index in [2.05, 4.69) is 23.6 Å². The Morgan fingerprint density at radius 2 is 1.61 bits per heavy atom. The van der Waals surface area contributed by atoms with Crippen molar-refractivity contribution in [3.63, 3.8) is 0 Å². The molecule has 1 aliphatic heterocycles. The summed E-state index contributed by atoms with van der Waals surface area (Å²) in [5.74, 6) is 1.04. The first-order valence-electron chi connectivity index (χ1n) is 8.75. The van der Waals surface area contributed by atoms with Gasteiger partial charge in [-0.05, 0) is 30.7 Å². The van der Waals surface area contributed by atoms with Crippen molar-refractivity contribution in [3.05, 3.63) is 0 Å². The minimum absolute atomic E-state index is 0. The second-order valence-electron chi connectivity index (χ2n) is 7.52. The van der Waals surface area contributed by atoms with Crippen LogP contribution in [-0.4, -0.2) is 55.0 Å². The highest BCUT2D eigenvalue weighted by atomic mass is 35.5. The van der Waals surface area contributed by atoms with Gasteiger partial charge in [-0.25, -0.2) is 0 Å². The lowest BCUT2D eigenvalue weighted by Gasteiger charge is -2.40. The van der Waals surface area contributed by atoms with Crippen molar-refractivity contribution in [1.29, 1.82) is 0 Å². The van der Waals surface area contributed by atoms with E-state index < -0.39 is 0 Å². The van der Waals surface area contributed by atoms with E-state index >= 15 is 0 Å². The van der Waals surface area contributed by atoms with Gasteiger partial charge in [0.15, 0.2) is 0 Å². The van der Waals surface area contributed by atoms with Gasteiger partial charge >= 0.3 is 0 Å². The van der Waals surface area contributed by atoms with E-state index in [1.54, 1.807) is 0 Å². The average molecular weight is 368 g/mol. The van der Waals surface area contributed by atoms with Crippen LogP contribution in [0.2, 0.25) is 0 Å². The molecule has 1 saturated heterocycles. The van der Waals surface area contributed by atoms with E-state index in [0.717, 1.165) is 45.6 Å². The smallest absolute Gasteiger partial charge is 0.223 e. The Labute approximate surface area is 154 Å². The summed E-state index contributed by atoms with van der Waals surface area (Å²) in [5, 5.41) is 0. The Bertz CT molecular complexity index is 339. The summed E-state index contributed by atoms with van der Waals surface area (Å²) in [6, 6.07) is 0. The highest BCUT2D eigenvalue weighted by molar-refractivity contribution is 5.85. The van der Waals surface area contributed by atoms with Crippen LogP contribution in [-0.2, 0) is 4.79 Å². The van der Waals surface area contributed by atoms with Gasteiger partial charge < -0.3 is 10.6 Å². The number of hydrogen-bond acceptors (Lipinski definition) is 3. The first kappa shape index (κ1) is 23.0. The molecule has 0 aromatic rings. The molecule has 138 valence electrons. The highest BCUT2D eigenvalue weighted by Crippen LogP contribution is 2.38. The largest absolute Gasteiger partial charge is 0.340 e. The van der Waals surface area contributed by atoms with Crippen molar-refractivity contribution >= 4 is 30.7 Å². The normalized spacial score (nSPS) is 21.5. The SMILES string of the molecule is CC(C)CN1CCN(C(=O)CC2(CN)CCCCC2)CC1.Cl.Cl. The van der Waals surface area contributed by atoms with E-state index in [-0.39, 0.29) is 30.2 Å². The fourth-order valence-corrected chi connectivity index (χ4v) is 3.88. The zero-order valence-electron chi connectivity index (χ0n) is 14.8. The summed E-state index contributed by atoms with van der Waals surface area (Å²) in [7, 11) is 0. The molecule has 2 N–H and O–H groups in total. The Kier molecular flexibility index (Phi) is 10.7. The molecule has 0 unspecified atom stereocenters. The molecule has 0 bridgehead atoms. The first-order valence-corrected chi connectivity index (χ1v) is 8.75. The zero-order chi connectivity index (χ0) is 15.3. The summed E-state index contributed by atoms with van der Waals surface area (Å²) in [4.78, 5) is 17.2. The van der Waals surface area contributed by atoms with E-state index in [4.69, 9.17) is 5.73 Å². The van der Waals surface area contributed by atoms with E-state index in [0.29, 0.717) is 24.8 Å². The van der Waals surface area contributed by atoms with Crippen molar-refractivity contribution in [2.24, 2.45) is 17.1 Å². The van der Waals surface area contributed by atoms with Crippen molar-refractivity contribution in [2.45, 2.75) is 52.4 Å². The van der Waals surface area contributed by atoms with Crippen LogP contribution in [0.1, 0.15) is 52.4 Å². The molecule has 1 saturated carbocycles. The number of carbonyl (C=O) groups is 1. The Morgan fingerprint density at radius 1 is 1.04 bits per heavy atom. The summed E-state index contributed by atoms with van der Waals surface area (Å²) in [6.45, 7) is 10.2. The minimum atomic E-state index is 0. The van der Waals surface area contributed by atoms with Crippen LogP contribution in [0.3, 0.4) is 0 Å². The molecule has 0 aromatic carbocycles. The Balaban J connectivity index is 0.00000242. The molecular formula is C17H35Cl2N3O. The molecular weight excluding hydrogens is 333 g/mol. The topological polar surface area (TPSA) is 49.6 Å². The second kappa shape index (κ2) is 10.8. The molecule has 6 heteroatoms. The fourth-order valence-electron chi connectivity index (χ4n) is 3.88. The van der Waals surface area contributed by atoms with Gasteiger partial charge in [-0.3, -0.25) is 9.69 Å². The summed E-state index contributed by atoms with van der Waals surface area (Å²) < 4.78 is 0. The second-order valence-corrected chi connectivity index (χ2v) is 7.52. The molecule has 0 radical (unpaired) electrons. The maximum atomic E-state index is 12.6. The maximum Gasteiger partial charge on any atom is 0.223 e. The first-order chi connectivity index (χ1) is 10.0. The maximum absolute atomic E-state index is 12.6. The van der Waals surface area contributed by atoms with Gasteiger partial charge in [0.25, 0.3) is 0 Å². The van der Waals surface area contributed by atoms with Gasteiger partial charge in [-0.2, -0.15) is 0 Å². The van der Waals surface area contributed by atoms with Crippen molar-refractivity contribution in [1.82, 2.24) is 9.80 Å². The number of nitrogens with two attached hydrogens (primary N) is 1. The molecule has 2 aliphatic rings. The van der Waals surface area contributed by atoms with Crippen LogP contribution in [0, 0.1) is 11.3 Å². The molecule has 1 amide bonds. The van der Waals surface area contributed by atoms with Crippen molar-refractivity contribution < 1.29 is 4.79 Å². The fraction of sp³-hybridized carbons (Fsp3) is 0.941. The number of hydrogen-bond donors (Lipinski definition) is 1. The number of amides is 1. The molecule has 0 aromatic heterocycles. The van der Waals surface area contributed by atoms with Crippen LogP contribution >= 0.6 is 24.8 Å². The number of rotatable bonds is 5. The number of carbonyl (C=O) groups excluding carboxylic acids is 1. The average Bonchev–Trinajstić information content (AvgIpc) is 2.48. The van der Waals surface area contributed by atoms with Crippen LogP contribution < -0.4 is 5.73 Å². The molecule has 0 spiro atoms. The molecule has 2 fully saturated rings. The van der Waals surface area contributed by atoms with Gasteiger partial charge in [-0.1, -0.05) is 33.1 Å². The number of piperazine rings is 1. The molecule has 2 rings (SSSR count). The van der Waals surface area contributed by atoms with Crippen LogP contribution in [0.15, 0.2) is 0 Å². The Morgan fingerprint density at radius 3 is 2.09 bits per heavy atom. The van der Waals surface area contributed by atoms with Gasteiger partial charge in [0.1, 0.15) is 0 Å². The lowest BCUT2D eigenvalue weighted by Crippen LogP contribution is -2.51. The van der Waals surface area contributed by atoms with Gasteiger partial charge in [0.05, 0.1) is 0 Å². The molecule has 23 heavy (non-hydrogen) atoms. The van der Waals surface area contributed by atoms with Crippen LogP contribution in [0.4, 0.5) is 0 Å². The Hall–Kier alpha value is -0.0300. The third-order valence-corrected chi connectivity index (χ3v) is 5.22. The van der Waals surface area contributed by atoms with Crippen molar-refractivity contribution in [2.75, 3.05) is 39.3 Å². The third-order valence-electron chi connectivity index (χ3n) is 5.22. The van der Waals surface area contributed by atoms with E-state index in [1.165, 1.54) is 19.3 Å². The summed E-state index contributed by atoms with van der Waals surface area (Å²) >= 11 is 0. The number of nitrogens with zero attached hydrogens (tertiary/aromatic N) is 2. The van der Waals surface area contributed by atoms with Gasteiger partial charge in [0.2, 0.25) is 5.91 Å². The van der Waals surface area contributed by atoms with E-state index in [9.17, 15) is 4.79 Å². The standard InChI is InChI=1S/C17H33N3O.2ClH/c1-15(2)13-19-8-10-20(11-9-19)16(21)12-17(14-18)6-4-3-5-7-17;;/h15H,3-14,18H2,1-2H3;2*1H. The van der Waals surface area contributed by atoms with E-state index in [1.807, 2.05) is 0 Å². The third kappa shape index (κ3) is 6.77. The van der Waals surface area contributed by atoms with Crippen molar-refractivity contribution in [3.8, 4) is 0 Å². The zero-order valence-corrected chi connectivity index (χ0v) is 16.4. The molecule has 1 heterocycles. The molecule has 0 atom stereocenters. The predicted molar refractivity (Wildman–Crippen MR) is 102 cm³/mol. The monoisotopic (exact) mass is 367 g/mol. The van der Waals surface area contributed by atoms with Crippen LogP contribution in [0.5, 0.6) is 0 Å². The lowest BCUT2D eigenvalue weighted by atomic mass is 9.71. The molecule has 1 aliphatic carbocycles.